The van der Waals surface area contributed by atoms with Crippen molar-refractivity contribution in [1.29, 1.82) is 0 Å². The van der Waals surface area contributed by atoms with Crippen molar-refractivity contribution < 1.29 is 4.74 Å². The lowest BCUT2D eigenvalue weighted by atomic mass is 9.92. The van der Waals surface area contributed by atoms with E-state index < -0.39 is 0 Å². The summed E-state index contributed by atoms with van der Waals surface area (Å²) in [6, 6.07) is 8.37. The highest BCUT2D eigenvalue weighted by atomic mass is 32.1. The number of thiocarbonyl (C=S) groups is 1. The first-order chi connectivity index (χ1) is 7.16. The Morgan fingerprint density at radius 1 is 1.47 bits per heavy atom. The summed E-state index contributed by atoms with van der Waals surface area (Å²) in [5.41, 5.74) is 0.834. The SMILES string of the molecule is C[C@]12C[C@@H](NC(=S)N1)c1ccccc1O2. The Balaban J connectivity index is 2.10. The van der Waals surface area contributed by atoms with Gasteiger partial charge in [0.25, 0.3) is 0 Å². The van der Waals surface area contributed by atoms with Crippen LogP contribution < -0.4 is 15.4 Å². The molecule has 2 aliphatic heterocycles. The fraction of sp³-hybridized carbons (Fsp3) is 0.364. The van der Waals surface area contributed by atoms with Gasteiger partial charge in [0, 0.05) is 12.0 Å². The van der Waals surface area contributed by atoms with Gasteiger partial charge in [-0.05, 0) is 25.2 Å². The molecule has 3 rings (SSSR count). The molecule has 1 saturated heterocycles. The summed E-state index contributed by atoms with van der Waals surface area (Å²) in [4.78, 5) is 0. The van der Waals surface area contributed by atoms with E-state index >= 15 is 0 Å². The summed E-state index contributed by atoms with van der Waals surface area (Å²) in [7, 11) is 0. The quantitative estimate of drug-likeness (QED) is 0.652. The van der Waals surface area contributed by atoms with Crippen LogP contribution in [0.2, 0.25) is 0 Å². The molecule has 0 amide bonds. The molecule has 0 unspecified atom stereocenters. The highest BCUT2D eigenvalue weighted by molar-refractivity contribution is 7.80. The van der Waals surface area contributed by atoms with Gasteiger partial charge < -0.3 is 15.4 Å². The van der Waals surface area contributed by atoms with E-state index in [2.05, 4.69) is 16.7 Å². The largest absolute Gasteiger partial charge is 0.468 e. The van der Waals surface area contributed by atoms with Crippen molar-refractivity contribution in [3.05, 3.63) is 29.8 Å². The van der Waals surface area contributed by atoms with Gasteiger partial charge in [0.1, 0.15) is 5.75 Å². The average molecular weight is 220 g/mol. The summed E-state index contributed by atoms with van der Waals surface area (Å²) < 4.78 is 5.92. The predicted octanol–water partition coefficient (Wildman–Crippen LogP) is 1.70. The fourth-order valence-corrected chi connectivity index (χ4v) is 2.64. The molecule has 2 N–H and O–H groups in total. The second kappa shape index (κ2) is 2.85. The lowest BCUT2D eigenvalue weighted by Gasteiger charge is -2.45. The zero-order chi connectivity index (χ0) is 10.5. The number of ether oxygens (including phenoxy) is 1. The molecule has 0 saturated carbocycles. The minimum Gasteiger partial charge on any atom is -0.468 e. The second-order valence-electron chi connectivity index (χ2n) is 4.23. The van der Waals surface area contributed by atoms with Gasteiger partial charge in [-0.3, -0.25) is 0 Å². The highest BCUT2D eigenvalue weighted by Gasteiger charge is 2.41. The Labute approximate surface area is 93.8 Å². The van der Waals surface area contributed by atoms with E-state index in [1.54, 1.807) is 0 Å². The van der Waals surface area contributed by atoms with Crippen LogP contribution >= 0.6 is 12.2 Å². The van der Waals surface area contributed by atoms with Crippen LogP contribution in [0.4, 0.5) is 0 Å². The zero-order valence-electron chi connectivity index (χ0n) is 8.41. The van der Waals surface area contributed by atoms with E-state index in [4.69, 9.17) is 17.0 Å². The molecule has 0 spiro atoms. The molecule has 2 bridgehead atoms. The molecule has 0 aromatic heterocycles. The summed E-state index contributed by atoms with van der Waals surface area (Å²) in [6.45, 7) is 2.03. The number of rotatable bonds is 0. The molecule has 2 atom stereocenters. The van der Waals surface area contributed by atoms with Crippen LogP contribution in [0.15, 0.2) is 24.3 Å². The van der Waals surface area contributed by atoms with Gasteiger partial charge in [0.05, 0.1) is 6.04 Å². The Morgan fingerprint density at radius 3 is 3.13 bits per heavy atom. The maximum Gasteiger partial charge on any atom is 0.181 e. The van der Waals surface area contributed by atoms with E-state index in [0.29, 0.717) is 5.11 Å². The molecule has 1 fully saturated rings. The van der Waals surface area contributed by atoms with Gasteiger partial charge in [-0.15, -0.1) is 0 Å². The molecule has 4 heteroatoms. The van der Waals surface area contributed by atoms with Gasteiger partial charge in [0.15, 0.2) is 10.8 Å². The van der Waals surface area contributed by atoms with Crippen LogP contribution in [0.25, 0.3) is 0 Å². The molecule has 1 aromatic carbocycles. The third-order valence-corrected chi connectivity index (χ3v) is 3.13. The average Bonchev–Trinajstić information content (AvgIpc) is 2.15. The van der Waals surface area contributed by atoms with E-state index in [0.717, 1.165) is 12.2 Å². The third-order valence-electron chi connectivity index (χ3n) is 2.91. The maximum absolute atomic E-state index is 5.92. The van der Waals surface area contributed by atoms with Crippen molar-refractivity contribution in [2.75, 3.05) is 0 Å². The molecule has 2 aliphatic rings. The molecule has 78 valence electrons. The van der Waals surface area contributed by atoms with E-state index in [1.165, 1.54) is 5.56 Å². The molecular formula is C11H12N2OS. The number of hydrogen-bond donors (Lipinski definition) is 2. The smallest absolute Gasteiger partial charge is 0.181 e. The number of para-hydroxylation sites is 1. The van der Waals surface area contributed by atoms with Crippen LogP contribution in [-0.2, 0) is 0 Å². The van der Waals surface area contributed by atoms with Crippen LogP contribution in [0, 0.1) is 0 Å². The fourth-order valence-electron chi connectivity index (χ4n) is 2.29. The van der Waals surface area contributed by atoms with Crippen LogP contribution in [-0.4, -0.2) is 10.8 Å². The van der Waals surface area contributed by atoms with Gasteiger partial charge in [0.2, 0.25) is 0 Å². The molecule has 0 radical (unpaired) electrons. The van der Waals surface area contributed by atoms with Crippen molar-refractivity contribution in [3.63, 3.8) is 0 Å². The standard InChI is InChI=1S/C11H12N2OS/c1-11-6-8(12-10(15)13-11)7-4-2-3-5-9(7)14-11/h2-5,8H,6H2,1H3,(H2,12,13,15)/t8-,11+/m1/s1. The van der Waals surface area contributed by atoms with Crippen LogP contribution in [0.3, 0.4) is 0 Å². The van der Waals surface area contributed by atoms with Crippen molar-refractivity contribution in [1.82, 2.24) is 10.6 Å². The Morgan fingerprint density at radius 2 is 2.27 bits per heavy atom. The maximum atomic E-state index is 5.92. The van der Waals surface area contributed by atoms with E-state index in [1.807, 2.05) is 25.1 Å². The summed E-state index contributed by atoms with van der Waals surface area (Å²) in [6.07, 6.45) is 0.893. The monoisotopic (exact) mass is 220 g/mol. The van der Waals surface area contributed by atoms with Crippen molar-refractivity contribution >= 4 is 17.3 Å². The molecule has 3 nitrogen and oxygen atoms in total. The minimum atomic E-state index is -0.360. The second-order valence-corrected chi connectivity index (χ2v) is 4.63. The Kier molecular flexibility index (Phi) is 1.71. The first kappa shape index (κ1) is 8.97. The number of nitrogens with one attached hydrogen (secondary N) is 2. The topological polar surface area (TPSA) is 33.3 Å². The zero-order valence-corrected chi connectivity index (χ0v) is 9.23. The first-order valence-electron chi connectivity index (χ1n) is 5.03. The summed E-state index contributed by atoms with van der Waals surface area (Å²) in [5, 5.41) is 7.10. The molecule has 15 heavy (non-hydrogen) atoms. The van der Waals surface area contributed by atoms with Crippen LogP contribution in [0.1, 0.15) is 24.9 Å². The van der Waals surface area contributed by atoms with E-state index in [9.17, 15) is 0 Å². The van der Waals surface area contributed by atoms with Gasteiger partial charge >= 0.3 is 0 Å². The molecule has 0 aliphatic carbocycles. The number of fused-ring (bicyclic) bond motifs is 4. The summed E-state index contributed by atoms with van der Waals surface area (Å²) >= 11 is 5.16. The lowest BCUT2D eigenvalue weighted by Crippen LogP contribution is -2.62. The normalized spacial score (nSPS) is 32.1. The Hall–Kier alpha value is -1.29. The van der Waals surface area contributed by atoms with Crippen LogP contribution in [0.5, 0.6) is 5.75 Å². The van der Waals surface area contributed by atoms with Gasteiger partial charge in [-0.2, -0.15) is 0 Å². The molecular weight excluding hydrogens is 208 g/mol. The predicted molar refractivity (Wildman–Crippen MR) is 61.7 cm³/mol. The molecule has 2 heterocycles. The van der Waals surface area contributed by atoms with Crippen molar-refractivity contribution in [3.8, 4) is 5.75 Å². The Bertz CT molecular complexity index is 434. The van der Waals surface area contributed by atoms with Gasteiger partial charge in [-0.25, -0.2) is 0 Å². The number of benzene rings is 1. The lowest BCUT2D eigenvalue weighted by molar-refractivity contribution is 0.0251. The van der Waals surface area contributed by atoms with Crippen molar-refractivity contribution in [2.45, 2.75) is 25.1 Å². The third kappa shape index (κ3) is 1.36. The minimum absolute atomic E-state index is 0.272. The highest BCUT2D eigenvalue weighted by Crippen LogP contribution is 2.39. The van der Waals surface area contributed by atoms with E-state index in [-0.39, 0.29) is 11.8 Å². The first-order valence-corrected chi connectivity index (χ1v) is 5.44. The number of hydrogen-bond acceptors (Lipinski definition) is 2. The summed E-state index contributed by atoms with van der Waals surface area (Å²) in [5.74, 6) is 0.943. The van der Waals surface area contributed by atoms with Crippen molar-refractivity contribution in [2.24, 2.45) is 0 Å². The molecule has 1 aromatic rings. The van der Waals surface area contributed by atoms with Gasteiger partial charge in [-0.1, -0.05) is 18.2 Å².